The molecular weight excluding hydrogens is 446 g/mol. The Morgan fingerprint density at radius 3 is 2.67 bits per heavy atom. The summed E-state index contributed by atoms with van der Waals surface area (Å²) in [5, 5.41) is 1.29. The zero-order chi connectivity index (χ0) is 21.5. The SMILES string of the molecule is C=CCn1c(SCCN2C(=O)c3ccccc3S2(=O)=O)nc2cc(Cl)ccc2c1=O. The monoisotopic (exact) mass is 461 g/mol. The topological polar surface area (TPSA) is 89.3 Å². The molecule has 0 saturated carbocycles. The van der Waals surface area contributed by atoms with Crippen molar-refractivity contribution in [1.82, 2.24) is 13.9 Å². The first-order chi connectivity index (χ1) is 14.3. The number of hydrogen-bond acceptors (Lipinski definition) is 6. The number of nitrogens with zero attached hydrogens (tertiary/aromatic N) is 3. The van der Waals surface area contributed by atoms with E-state index in [9.17, 15) is 18.0 Å². The molecule has 1 aliphatic heterocycles. The molecule has 2 aromatic carbocycles. The molecule has 30 heavy (non-hydrogen) atoms. The molecule has 7 nitrogen and oxygen atoms in total. The highest BCUT2D eigenvalue weighted by Crippen LogP contribution is 2.30. The standard InChI is InChI=1S/C20H16ClN3O4S2/c1-2-9-23-18(25)14-8-7-13(21)12-16(14)22-20(23)29-11-10-24-19(26)15-5-3-4-6-17(15)30(24,27)28/h2-8,12H,1,9-11H2. The average Bonchev–Trinajstić information content (AvgIpc) is 2.91. The molecule has 1 aliphatic rings. The average molecular weight is 462 g/mol. The Bertz CT molecular complexity index is 1350. The molecule has 0 saturated heterocycles. The quantitative estimate of drug-likeness (QED) is 0.318. The Morgan fingerprint density at radius 2 is 1.93 bits per heavy atom. The van der Waals surface area contributed by atoms with Crippen LogP contribution in [0.15, 0.2) is 70.0 Å². The number of sulfonamides is 1. The number of halogens is 1. The molecule has 2 heterocycles. The Kier molecular flexibility index (Phi) is 5.44. The predicted molar refractivity (Wildman–Crippen MR) is 117 cm³/mol. The highest BCUT2D eigenvalue weighted by molar-refractivity contribution is 7.99. The number of amides is 1. The Morgan fingerprint density at radius 1 is 1.17 bits per heavy atom. The van der Waals surface area contributed by atoms with Crippen LogP contribution in [0.3, 0.4) is 0 Å². The van der Waals surface area contributed by atoms with Gasteiger partial charge in [-0.2, -0.15) is 0 Å². The third-order valence-electron chi connectivity index (χ3n) is 4.63. The molecular formula is C20H16ClN3O4S2. The van der Waals surface area contributed by atoms with E-state index in [0.717, 1.165) is 4.31 Å². The third-order valence-corrected chi connectivity index (χ3v) is 7.66. The van der Waals surface area contributed by atoms with Crippen LogP contribution in [-0.2, 0) is 16.6 Å². The van der Waals surface area contributed by atoms with Crippen molar-refractivity contribution in [3.63, 3.8) is 0 Å². The van der Waals surface area contributed by atoms with E-state index in [1.807, 2.05) is 0 Å². The van der Waals surface area contributed by atoms with E-state index in [1.165, 1.54) is 28.5 Å². The second-order valence-corrected chi connectivity index (χ2v) is 9.82. The number of thioether (sulfide) groups is 1. The van der Waals surface area contributed by atoms with Gasteiger partial charge in [-0.05, 0) is 30.3 Å². The summed E-state index contributed by atoms with van der Waals surface area (Å²) in [7, 11) is -3.87. The molecule has 0 unspecified atom stereocenters. The van der Waals surface area contributed by atoms with Crippen molar-refractivity contribution in [2.45, 2.75) is 16.6 Å². The van der Waals surface area contributed by atoms with Crippen LogP contribution >= 0.6 is 23.4 Å². The van der Waals surface area contributed by atoms with Gasteiger partial charge < -0.3 is 0 Å². The number of aromatic nitrogens is 2. The summed E-state index contributed by atoms with van der Waals surface area (Å²) in [6.45, 7) is 3.88. The first kappa shape index (κ1) is 20.6. The summed E-state index contributed by atoms with van der Waals surface area (Å²) in [6.07, 6.45) is 1.58. The van der Waals surface area contributed by atoms with E-state index in [1.54, 1.807) is 36.4 Å². The summed E-state index contributed by atoms with van der Waals surface area (Å²) >= 11 is 7.22. The van der Waals surface area contributed by atoms with E-state index >= 15 is 0 Å². The van der Waals surface area contributed by atoms with Crippen molar-refractivity contribution < 1.29 is 13.2 Å². The van der Waals surface area contributed by atoms with Crippen molar-refractivity contribution in [3.05, 3.63) is 76.1 Å². The van der Waals surface area contributed by atoms with Crippen molar-refractivity contribution in [2.24, 2.45) is 0 Å². The van der Waals surface area contributed by atoms with E-state index in [4.69, 9.17) is 11.6 Å². The van der Waals surface area contributed by atoms with Gasteiger partial charge in [0.05, 0.1) is 16.5 Å². The molecule has 154 valence electrons. The predicted octanol–water partition coefficient (Wildman–Crippen LogP) is 3.17. The van der Waals surface area contributed by atoms with Crippen molar-refractivity contribution in [1.29, 1.82) is 0 Å². The van der Waals surface area contributed by atoms with Crippen LogP contribution in [0.4, 0.5) is 0 Å². The van der Waals surface area contributed by atoms with Crippen LogP contribution in [0.2, 0.25) is 5.02 Å². The Hall–Kier alpha value is -2.62. The minimum absolute atomic E-state index is 0.0158. The van der Waals surface area contributed by atoms with Gasteiger partial charge in [-0.15, -0.1) is 6.58 Å². The van der Waals surface area contributed by atoms with Crippen LogP contribution in [0, 0.1) is 0 Å². The largest absolute Gasteiger partial charge is 0.283 e. The van der Waals surface area contributed by atoms with Crippen LogP contribution in [0.5, 0.6) is 0 Å². The van der Waals surface area contributed by atoms with Crippen molar-refractivity contribution in [2.75, 3.05) is 12.3 Å². The number of rotatable bonds is 6. The third kappa shape index (κ3) is 3.42. The molecule has 0 spiro atoms. The summed E-state index contributed by atoms with van der Waals surface area (Å²) < 4.78 is 27.7. The van der Waals surface area contributed by atoms with E-state index in [0.29, 0.717) is 21.1 Å². The fourth-order valence-corrected chi connectivity index (χ4v) is 6.03. The number of carbonyl (C=O) groups excluding carboxylic acids is 1. The van der Waals surface area contributed by atoms with Crippen LogP contribution in [0.1, 0.15) is 10.4 Å². The lowest BCUT2D eigenvalue weighted by molar-refractivity contribution is 0.0876. The maximum Gasteiger partial charge on any atom is 0.269 e. The van der Waals surface area contributed by atoms with Gasteiger partial charge in [0.15, 0.2) is 5.16 Å². The molecule has 0 atom stereocenters. The second kappa shape index (κ2) is 7.90. The van der Waals surface area contributed by atoms with Gasteiger partial charge in [0.1, 0.15) is 4.90 Å². The zero-order valence-electron chi connectivity index (χ0n) is 15.6. The molecule has 0 fully saturated rings. The fourth-order valence-electron chi connectivity index (χ4n) is 3.25. The Balaban J connectivity index is 1.61. The molecule has 0 N–H and O–H groups in total. The molecule has 10 heteroatoms. The van der Waals surface area contributed by atoms with Crippen LogP contribution < -0.4 is 5.56 Å². The molecule has 1 amide bonds. The van der Waals surface area contributed by atoms with Gasteiger partial charge in [-0.3, -0.25) is 14.2 Å². The summed E-state index contributed by atoms with van der Waals surface area (Å²) in [4.78, 5) is 29.9. The van der Waals surface area contributed by atoms with Gasteiger partial charge in [-0.1, -0.05) is 41.6 Å². The van der Waals surface area contributed by atoms with Crippen LogP contribution in [-0.4, -0.2) is 40.5 Å². The molecule has 4 rings (SSSR count). The highest BCUT2D eigenvalue weighted by Gasteiger charge is 2.40. The molecule has 0 radical (unpaired) electrons. The van der Waals surface area contributed by atoms with Crippen LogP contribution in [0.25, 0.3) is 10.9 Å². The number of allylic oxidation sites excluding steroid dienone is 1. The smallest absolute Gasteiger partial charge is 0.269 e. The Labute approximate surface area is 182 Å². The molecule has 0 aliphatic carbocycles. The molecule has 3 aromatic rings. The summed E-state index contributed by atoms with van der Waals surface area (Å²) in [6, 6.07) is 11.0. The van der Waals surface area contributed by atoms with Gasteiger partial charge in [0.25, 0.3) is 21.5 Å². The van der Waals surface area contributed by atoms with Gasteiger partial charge in [0.2, 0.25) is 0 Å². The van der Waals surface area contributed by atoms with Crippen molar-refractivity contribution in [3.8, 4) is 0 Å². The van der Waals surface area contributed by atoms with E-state index in [-0.39, 0.29) is 34.9 Å². The maximum absolute atomic E-state index is 12.8. The summed E-state index contributed by atoms with van der Waals surface area (Å²) in [5.74, 6) is -0.317. The normalized spacial score (nSPS) is 14.8. The van der Waals surface area contributed by atoms with E-state index < -0.39 is 15.9 Å². The summed E-state index contributed by atoms with van der Waals surface area (Å²) in [5.41, 5.74) is 0.383. The van der Waals surface area contributed by atoms with Crippen molar-refractivity contribution >= 4 is 50.2 Å². The number of benzene rings is 2. The fraction of sp³-hybridized carbons (Fsp3) is 0.150. The van der Waals surface area contributed by atoms with Gasteiger partial charge >= 0.3 is 0 Å². The lowest BCUT2D eigenvalue weighted by Gasteiger charge is -2.16. The number of hydrogen-bond donors (Lipinski definition) is 0. The maximum atomic E-state index is 12.8. The first-order valence-electron chi connectivity index (χ1n) is 8.94. The van der Waals surface area contributed by atoms with Gasteiger partial charge in [-0.25, -0.2) is 17.7 Å². The number of carbonyl (C=O) groups is 1. The second-order valence-electron chi connectivity index (χ2n) is 6.49. The lowest BCUT2D eigenvalue weighted by atomic mass is 10.2. The molecule has 0 bridgehead atoms. The first-order valence-corrected chi connectivity index (χ1v) is 11.7. The lowest BCUT2D eigenvalue weighted by Crippen LogP contribution is -2.32. The van der Waals surface area contributed by atoms with E-state index in [2.05, 4.69) is 11.6 Å². The zero-order valence-corrected chi connectivity index (χ0v) is 18.0. The van der Waals surface area contributed by atoms with Gasteiger partial charge in [0, 0.05) is 23.9 Å². The number of fused-ring (bicyclic) bond motifs is 2. The molecule has 1 aromatic heterocycles. The highest BCUT2D eigenvalue weighted by atomic mass is 35.5. The minimum Gasteiger partial charge on any atom is -0.283 e. The minimum atomic E-state index is -3.87.